The standard InChI is InChI=1S/C12H17NO2/c1-8-4-5-10(11(13)6-8)7-9(2)12(14)15-3/h4-6,9H,7,13H2,1-3H3. The summed E-state index contributed by atoms with van der Waals surface area (Å²) in [4.78, 5) is 11.2. The van der Waals surface area contributed by atoms with Crippen LogP contribution in [0.2, 0.25) is 0 Å². The Morgan fingerprint density at radius 2 is 2.20 bits per heavy atom. The van der Waals surface area contributed by atoms with Gasteiger partial charge in [0, 0.05) is 5.69 Å². The zero-order valence-corrected chi connectivity index (χ0v) is 9.41. The Morgan fingerprint density at radius 1 is 1.53 bits per heavy atom. The second kappa shape index (κ2) is 4.82. The van der Waals surface area contributed by atoms with Gasteiger partial charge in [0.15, 0.2) is 0 Å². The third-order valence-corrected chi connectivity index (χ3v) is 2.43. The average molecular weight is 207 g/mol. The highest BCUT2D eigenvalue weighted by Crippen LogP contribution is 2.18. The van der Waals surface area contributed by atoms with E-state index in [1.807, 2.05) is 32.0 Å². The highest BCUT2D eigenvalue weighted by atomic mass is 16.5. The fraction of sp³-hybridized carbons (Fsp3) is 0.417. The van der Waals surface area contributed by atoms with Gasteiger partial charge in [-0.15, -0.1) is 0 Å². The van der Waals surface area contributed by atoms with Crippen LogP contribution in [0.1, 0.15) is 18.1 Å². The minimum absolute atomic E-state index is 0.153. The zero-order valence-electron chi connectivity index (χ0n) is 9.41. The maximum absolute atomic E-state index is 11.2. The van der Waals surface area contributed by atoms with Crippen molar-refractivity contribution in [3.05, 3.63) is 29.3 Å². The Morgan fingerprint density at radius 3 is 2.73 bits per heavy atom. The van der Waals surface area contributed by atoms with E-state index in [-0.39, 0.29) is 11.9 Å². The predicted octanol–water partition coefficient (Wildman–Crippen LogP) is 1.93. The van der Waals surface area contributed by atoms with Crippen molar-refractivity contribution in [2.45, 2.75) is 20.3 Å². The van der Waals surface area contributed by atoms with Crippen molar-refractivity contribution >= 4 is 11.7 Å². The second-order valence-corrected chi connectivity index (χ2v) is 3.83. The molecule has 1 unspecified atom stereocenters. The maximum Gasteiger partial charge on any atom is 0.308 e. The monoisotopic (exact) mass is 207 g/mol. The van der Waals surface area contributed by atoms with Gasteiger partial charge in [-0.25, -0.2) is 0 Å². The van der Waals surface area contributed by atoms with Gasteiger partial charge in [0.2, 0.25) is 0 Å². The van der Waals surface area contributed by atoms with Gasteiger partial charge in [-0.2, -0.15) is 0 Å². The number of nitrogens with two attached hydrogens (primary N) is 1. The molecule has 1 atom stereocenters. The fourth-order valence-corrected chi connectivity index (χ4v) is 1.51. The molecule has 15 heavy (non-hydrogen) atoms. The van der Waals surface area contributed by atoms with Crippen LogP contribution >= 0.6 is 0 Å². The summed E-state index contributed by atoms with van der Waals surface area (Å²) in [6.45, 7) is 3.83. The molecule has 0 aromatic heterocycles. The molecule has 0 spiro atoms. The second-order valence-electron chi connectivity index (χ2n) is 3.83. The molecule has 0 amide bonds. The summed E-state index contributed by atoms with van der Waals surface area (Å²) in [6, 6.07) is 5.87. The number of carbonyl (C=O) groups excluding carboxylic acids is 1. The molecule has 1 aromatic rings. The lowest BCUT2D eigenvalue weighted by molar-refractivity contribution is -0.144. The highest BCUT2D eigenvalue weighted by Gasteiger charge is 2.14. The maximum atomic E-state index is 11.2. The highest BCUT2D eigenvalue weighted by molar-refractivity contribution is 5.72. The van der Waals surface area contributed by atoms with Gasteiger partial charge in [-0.3, -0.25) is 4.79 Å². The molecule has 0 aliphatic heterocycles. The van der Waals surface area contributed by atoms with Crippen LogP contribution in [0.4, 0.5) is 5.69 Å². The molecule has 0 aliphatic rings. The number of ether oxygens (including phenoxy) is 1. The van der Waals surface area contributed by atoms with Crippen LogP contribution < -0.4 is 5.73 Å². The predicted molar refractivity (Wildman–Crippen MR) is 60.5 cm³/mol. The smallest absolute Gasteiger partial charge is 0.308 e. The van der Waals surface area contributed by atoms with Crippen LogP contribution in [0.15, 0.2) is 18.2 Å². The van der Waals surface area contributed by atoms with E-state index in [0.29, 0.717) is 6.42 Å². The summed E-state index contributed by atoms with van der Waals surface area (Å²) in [5, 5.41) is 0. The van der Waals surface area contributed by atoms with Crippen molar-refractivity contribution < 1.29 is 9.53 Å². The molecule has 0 bridgehead atoms. The van der Waals surface area contributed by atoms with Crippen LogP contribution in [-0.2, 0) is 16.0 Å². The summed E-state index contributed by atoms with van der Waals surface area (Å²) < 4.78 is 4.67. The lowest BCUT2D eigenvalue weighted by atomic mass is 9.99. The fourth-order valence-electron chi connectivity index (χ4n) is 1.51. The Bertz CT molecular complexity index is 361. The molecule has 3 heteroatoms. The summed E-state index contributed by atoms with van der Waals surface area (Å²) in [5.41, 5.74) is 8.73. The van der Waals surface area contributed by atoms with Crippen LogP contribution in [0.5, 0.6) is 0 Å². The first-order valence-electron chi connectivity index (χ1n) is 4.97. The molecule has 1 aromatic carbocycles. The molecule has 0 heterocycles. The molecular weight excluding hydrogens is 190 g/mol. The van der Waals surface area contributed by atoms with E-state index in [9.17, 15) is 4.79 Å². The molecule has 82 valence electrons. The minimum atomic E-state index is -0.199. The summed E-state index contributed by atoms with van der Waals surface area (Å²) in [5.74, 6) is -0.352. The molecular formula is C12H17NO2. The van der Waals surface area contributed by atoms with Crippen molar-refractivity contribution in [3.63, 3.8) is 0 Å². The van der Waals surface area contributed by atoms with Gasteiger partial charge < -0.3 is 10.5 Å². The molecule has 0 fully saturated rings. The van der Waals surface area contributed by atoms with E-state index in [1.165, 1.54) is 7.11 Å². The van der Waals surface area contributed by atoms with E-state index in [4.69, 9.17) is 5.73 Å². The Labute approximate surface area is 90.2 Å². The number of rotatable bonds is 3. The van der Waals surface area contributed by atoms with Crippen LogP contribution in [0.25, 0.3) is 0 Å². The minimum Gasteiger partial charge on any atom is -0.469 e. The summed E-state index contributed by atoms with van der Waals surface area (Å²) in [6.07, 6.45) is 0.624. The number of hydrogen-bond acceptors (Lipinski definition) is 3. The first-order valence-corrected chi connectivity index (χ1v) is 4.97. The van der Waals surface area contributed by atoms with Crippen molar-refractivity contribution in [2.24, 2.45) is 5.92 Å². The van der Waals surface area contributed by atoms with Crippen molar-refractivity contribution in [3.8, 4) is 0 Å². The number of nitrogen functional groups attached to an aromatic ring is 1. The van der Waals surface area contributed by atoms with Gasteiger partial charge in [-0.05, 0) is 30.5 Å². The van der Waals surface area contributed by atoms with Gasteiger partial charge in [0.05, 0.1) is 13.0 Å². The van der Waals surface area contributed by atoms with Crippen LogP contribution in [0.3, 0.4) is 0 Å². The molecule has 0 radical (unpaired) electrons. The number of esters is 1. The molecule has 0 saturated heterocycles. The van der Waals surface area contributed by atoms with Crippen LogP contribution in [0, 0.1) is 12.8 Å². The number of hydrogen-bond donors (Lipinski definition) is 1. The molecule has 1 rings (SSSR count). The van der Waals surface area contributed by atoms with E-state index in [1.54, 1.807) is 0 Å². The molecule has 2 N–H and O–H groups in total. The zero-order chi connectivity index (χ0) is 11.4. The average Bonchev–Trinajstić information content (AvgIpc) is 2.20. The topological polar surface area (TPSA) is 52.3 Å². The third kappa shape index (κ3) is 2.98. The van der Waals surface area contributed by atoms with Crippen molar-refractivity contribution in [1.29, 1.82) is 0 Å². The first-order chi connectivity index (χ1) is 7.04. The lowest BCUT2D eigenvalue weighted by Crippen LogP contribution is -2.15. The van der Waals surface area contributed by atoms with Crippen molar-refractivity contribution in [1.82, 2.24) is 0 Å². The van der Waals surface area contributed by atoms with E-state index >= 15 is 0 Å². The largest absolute Gasteiger partial charge is 0.469 e. The van der Waals surface area contributed by atoms with Gasteiger partial charge in [0.1, 0.15) is 0 Å². The molecule has 0 saturated carbocycles. The molecule has 3 nitrogen and oxygen atoms in total. The van der Waals surface area contributed by atoms with Crippen molar-refractivity contribution in [2.75, 3.05) is 12.8 Å². The number of carbonyl (C=O) groups is 1. The van der Waals surface area contributed by atoms with Gasteiger partial charge in [0.25, 0.3) is 0 Å². The lowest BCUT2D eigenvalue weighted by Gasteiger charge is -2.11. The number of aryl methyl sites for hydroxylation is 1. The SMILES string of the molecule is COC(=O)C(C)Cc1ccc(C)cc1N. The van der Waals surface area contributed by atoms with Crippen LogP contribution in [-0.4, -0.2) is 13.1 Å². The summed E-state index contributed by atoms with van der Waals surface area (Å²) in [7, 11) is 1.40. The quantitative estimate of drug-likeness (QED) is 0.608. The Kier molecular flexibility index (Phi) is 3.72. The number of benzene rings is 1. The van der Waals surface area contributed by atoms with E-state index in [0.717, 1.165) is 16.8 Å². The number of anilines is 1. The Balaban J connectivity index is 2.76. The van der Waals surface area contributed by atoms with E-state index in [2.05, 4.69) is 4.74 Å². The summed E-state index contributed by atoms with van der Waals surface area (Å²) >= 11 is 0. The first kappa shape index (κ1) is 11.6. The number of methoxy groups -OCH3 is 1. The van der Waals surface area contributed by atoms with E-state index < -0.39 is 0 Å². The molecule has 0 aliphatic carbocycles. The van der Waals surface area contributed by atoms with Gasteiger partial charge >= 0.3 is 5.97 Å². The Hall–Kier alpha value is -1.51. The third-order valence-electron chi connectivity index (χ3n) is 2.43. The van der Waals surface area contributed by atoms with Gasteiger partial charge in [-0.1, -0.05) is 19.1 Å². The normalized spacial score (nSPS) is 12.2.